The first-order valence-electron chi connectivity index (χ1n) is 9.97. The molecule has 0 spiro atoms. The van der Waals surface area contributed by atoms with Crippen molar-refractivity contribution >= 4 is 10.0 Å². The van der Waals surface area contributed by atoms with Crippen molar-refractivity contribution in [3.05, 3.63) is 41.9 Å². The summed E-state index contributed by atoms with van der Waals surface area (Å²) in [5.74, 6) is 0.776. The number of nitrogens with zero attached hydrogens (tertiary/aromatic N) is 4. The first kappa shape index (κ1) is 19.4. The molecule has 0 bridgehead atoms. The molecule has 2 aliphatic heterocycles. The lowest BCUT2D eigenvalue weighted by molar-refractivity contribution is 0.276. The minimum Gasteiger partial charge on any atom is -0.492 e. The molecule has 1 fully saturated rings. The van der Waals surface area contributed by atoms with Gasteiger partial charge in [-0.3, -0.25) is 4.90 Å². The summed E-state index contributed by atoms with van der Waals surface area (Å²) in [5.41, 5.74) is 2.13. The topological polar surface area (TPSA) is 67.7 Å². The SMILES string of the molecule is Cn1cnc(S(=O)(=O)N2CCOc3ccc(CN4CCCCCC4)cc3C2)c1. The number of rotatable bonds is 4. The Labute approximate surface area is 167 Å². The maximum Gasteiger partial charge on any atom is 0.262 e. The summed E-state index contributed by atoms with van der Waals surface area (Å²) in [4.78, 5) is 6.53. The predicted octanol–water partition coefficient (Wildman–Crippen LogP) is 2.38. The third-order valence-corrected chi connectivity index (χ3v) is 7.19. The van der Waals surface area contributed by atoms with E-state index in [0.717, 1.165) is 30.9 Å². The highest BCUT2D eigenvalue weighted by Crippen LogP contribution is 2.28. The highest BCUT2D eigenvalue weighted by molar-refractivity contribution is 7.89. The van der Waals surface area contributed by atoms with E-state index < -0.39 is 10.0 Å². The normalized spacial score (nSPS) is 19.5. The Morgan fingerprint density at radius 2 is 1.89 bits per heavy atom. The zero-order valence-corrected chi connectivity index (χ0v) is 17.2. The quantitative estimate of drug-likeness (QED) is 0.783. The molecular weight excluding hydrogens is 376 g/mol. The predicted molar refractivity (Wildman–Crippen MR) is 106 cm³/mol. The van der Waals surface area contributed by atoms with E-state index in [1.165, 1.54) is 48.1 Å². The first-order chi connectivity index (χ1) is 13.5. The molecule has 28 heavy (non-hydrogen) atoms. The zero-order valence-electron chi connectivity index (χ0n) is 16.4. The molecule has 0 atom stereocenters. The number of hydrogen-bond donors (Lipinski definition) is 0. The van der Waals surface area contributed by atoms with Gasteiger partial charge in [0.1, 0.15) is 12.4 Å². The van der Waals surface area contributed by atoms with Gasteiger partial charge in [0.05, 0.1) is 6.33 Å². The number of aromatic nitrogens is 2. The van der Waals surface area contributed by atoms with Crippen LogP contribution < -0.4 is 4.74 Å². The number of hydrogen-bond acceptors (Lipinski definition) is 5. The molecule has 0 N–H and O–H groups in total. The number of aryl methyl sites for hydroxylation is 1. The van der Waals surface area contributed by atoms with Crippen LogP contribution in [0.5, 0.6) is 5.75 Å². The fourth-order valence-electron chi connectivity index (χ4n) is 3.93. The van der Waals surface area contributed by atoms with Crippen LogP contribution in [0.3, 0.4) is 0 Å². The van der Waals surface area contributed by atoms with Gasteiger partial charge < -0.3 is 9.30 Å². The Morgan fingerprint density at radius 3 is 2.61 bits per heavy atom. The van der Waals surface area contributed by atoms with Crippen LogP contribution in [0.4, 0.5) is 0 Å². The molecule has 0 aliphatic carbocycles. The summed E-state index contributed by atoms with van der Waals surface area (Å²) in [6, 6.07) is 6.19. The molecule has 8 heteroatoms. The van der Waals surface area contributed by atoms with Crippen molar-refractivity contribution in [2.75, 3.05) is 26.2 Å². The summed E-state index contributed by atoms with van der Waals surface area (Å²) < 4.78 is 34.9. The van der Waals surface area contributed by atoms with Gasteiger partial charge in [0.15, 0.2) is 5.03 Å². The second kappa shape index (κ2) is 8.23. The summed E-state index contributed by atoms with van der Waals surface area (Å²) in [6.45, 7) is 4.13. The van der Waals surface area contributed by atoms with E-state index in [1.807, 2.05) is 6.07 Å². The van der Waals surface area contributed by atoms with Crippen molar-refractivity contribution in [1.29, 1.82) is 0 Å². The summed E-state index contributed by atoms with van der Waals surface area (Å²) in [7, 11) is -1.88. The van der Waals surface area contributed by atoms with Crippen LogP contribution in [0.15, 0.2) is 35.7 Å². The molecule has 2 aliphatic rings. The van der Waals surface area contributed by atoms with Crippen molar-refractivity contribution in [2.45, 2.75) is 43.8 Å². The van der Waals surface area contributed by atoms with Crippen molar-refractivity contribution in [3.8, 4) is 5.75 Å². The third kappa shape index (κ3) is 4.24. The molecule has 152 valence electrons. The summed E-state index contributed by atoms with van der Waals surface area (Å²) in [5, 5.41) is 0.0826. The Hall–Kier alpha value is -1.90. The molecule has 2 aromatic rings. The maximum absolute atomic E-state index is 13.0. The van der Waals surface area contributed by atoms with Crippen LogP contribution in [0.25, 0.3) is 0 Å². The van der Waals surface area contributed by atoms with Gasteiger partial charge in [-0.15, -0.1) is 0 Å². The average Bonchev–Trinajstić information content (AvgIpc) is 2.86. The molecule has 0 amide bonds. The van der Waals surface area contributed by atoms with E-state index >= 15 is 0 Å². The number of ether oxygens (including phenoxy) is 1. The van der Waals surface area contributed by atoms with Gasteiger partial charge in [0, 0.05) is 38.4 Å². The molecule has 1 aromatic heterocycles. The molecule has 0 radical (unpaired) electrons. The largest absolute Gasteiger partial charge is 0.492 e. The van der Waals surface area contributed by atoms with Crippen molar-refractivity contribution in [3.63, 3.8) is 0 Å². The molecular formula is C20H28N4O3S. The van der Waals surface area contributed by atoms with Crippen molar-refractivity contribution < 1.29 is 13.2 Å². The molecule has 1 saturated heterocycles. The zero-order chi connectivity index (χ0) is 19.6. The molecule has 7 nitrogen and oxygen atoms in total. The number of benzene rings is 1. The Bertz CT molecular complexity index is 917. The number of fused-ring (bicyclic) bond motifs is 1. The van der Waals surface area contributed by atoms with Gasteiger partial charge >= 0.3 is 0 Å². The second-order valence-electron chi connectivity index (χ2n) is 7.70. The standard InChI is InChI=1S/C20H28N4O3S/c1-22-15-20(21-16-22)28(25,26)24-10-11-27-19-7-6-17(12-18(19)14-24)13-23-8-4-2-3-5-9-23/h6-7,12,15-16H,2-5,8-11,13-14H2,1H3. The van der Waals surface area contributed by atoms with Crippen molar-refractivity contribution in [2.24, 2.45) is 7.05 Å². The van der Waals surface area contributed by atoms with E-state index in [1.54, 1.807) is 11.6 Å². The Kier molecular flexibility index (Phi) is 5.70. The fourth-order valence-corrected chi connectivity index (χ4v) is 5.30. The minimum absolute atomic E-state index is 0.0826. The second-order valence-corrected chi connectivity index (χ2v) is 9.58. The van der Waals surface area contributed by atoms with Gasteiger partial charge in [-0.05, 0) is 43.6 Å². The third-order valence-electron chi connectivity index (χ3n) is 5.46. The molecule has 3 heterocycles. The monoisotopic (exact) mass is 404 g/mol. The van der Waals surface area contributed by atoms with Crippen LogP contribution in [-0.4, -0.2) is 53.4 Å². The van der Waals surface area contributed by atoms with Gasteiger partial charge in [-0.2, -0.15) is 4.31 Å². The molecule has 0 saturated carbocycles. The molecule has 1 aromatic carbocycles. The molecule has 4 rings (SSSR count). The lowest BCUT2D eigenvalue weighted by Crippen LogP contribution is -2.32. The summed E-state index contributed by atoms with van der Waals surface area (Å²) >= 11 is 0. The van der Waals surface area contributed by atoms with Crippen LogP contribution in [0.1, 0.15) is 36.8 Å². The lowest BCUT2D eigenvalue weighted by atomic mass is 10.1. The number of sulfonamides is 1. The van der Waals surface area contributed by atoms with E-state index in [0.29, 0.717) is 19.7 Å². The van der Waals surface area contributed by atoms with Crippen LogP contribution in [0.2, 0.25) is 0 Å². The fraction of sp³-hybridized carbons (Fsp3) is 0.550. The van der Waals surface area contributed by atoms with E-state index in [2.05, 4.69) is 22.0 Å². The molecule has 0 unspecified atom stereocenters. The highest BCUT2D eigenvalue weighted by atomic mass is 32.2. The highest BCUT2D eigenvalue weighted by Gasteiger charge is 2.29. The van der Waals surface area contributed by atoms with Gasteiger partial charge in [-0.25, -0.2) is 13.4 Å². The van der Waals surface area contributed by atoms with Crippen LogP contribution in [0, 0.1) is 0 Å². The summed E-state index contributed by atoms with van der Waals surface area (Å²) in [6.07, 6.45) is 8.18. The van der Waals surface area contributed by atoms with Crippen molar-refractivity contribution in [1.82, 2.24) is 18.8 Å². The average molecular weight is 405 g/mol. The van der Waals surface area contributed by atoms with Gasteiger partial charge in [0.25, 0.3) is 10.0 Å². The Balaban J connectivity index is 1.54. The van der Waals surface area contributed by atoms with Gasteiger partial charge in [-0.1, -0.05) is 18.9 Å². The smallest absolute Gasteiger partial charge is 0.262 e. The first-order valence-corrected chi connectivity index (χ1v) is 11.4. The van der Waals surface area contributed by atoms with Crippen LogP contribution in [-0.2, 0) is 30.2 Å². The number of imidazole rings is 1. The van der Waals surface area contributed by atoms with E-state index in [-0.39, 0.29) is 5.03 Å². The van der Waals surface area contributed by atoms with Gasteiger partial charge in [0.2, 0.25) is 0 Å². The Morgan fingerprint density at radius 1 is 1.11 bits per heavy atom. The number of likely N-dealkylation sites (tertiary alicyclic amines) is 1. The van der Waals surface area contributed by atoms with E-state index in [9.17, 15) is 8.42 Å². The van der Waals surface area contributed by atoms with Crippen LogP contribution >= 0.6 is 0 Å². The maximum atomic E-state index is 13.0. The van der Waals surface area contributed by atoms with E-state index in [4.69, 9.17) is 4.74 Å². The lowest BCUT2D eigenvalue weighted by Gasteiger charge is -2.21. The minimum atomic E-state index is -3.64.